The number of ether oxygens (including phenoxy) is 2. The summed E-state index contributed by atoms with van der Waals surface area (Å²) < 4.78 is 10.6. The highest BCUT2D eigenvalue weighted by Gasteiger charge is 2.53. The summed E-state index contributed by atoms with van der Waals surface area (Å²) in [5.41, 5.74) is 1.55. The van der Waals surface area contributed by atoms with Crippen LogP contribution in [-0.4, -0.2) is 28.6 Å². The van der Waals surface area contributed by atoms with E-state index < -0.39 is 16.9 Å². The summed E-state index contributed by atoms with van der Waals surface area (Å²) in [7, 11) is 0. The molecular weight excluding hydrogens is 322 g/mol. The Hall–Kier alpha value is -2.68. The summed E-state index contributed by atoms with van der Waals surface area (Å²) in [6.07, 6.45) is 0.291. The molecule has 1 aromatic heterocycles. The van der Waals surface area contributed by atoms with Crippen LogP contribution in [0.25, 0.3) is 11.3 Å². The zero-order valence-electron chi connectivity index (χ0n) is 11.7. The first-order valence-electron chi connectivity index (χ1n) is 6.92. The number of fused-ring (bicyclic) bond motifs is 1. The monoisotopic (exact) mass is 333 g/mol. The lowest BCUT2D eigenvalue weighted by Crippen LogP contribution is -2.18. The van der Waals surface area contributed by atoms with Gasteiger partial charge in [0.1, 0.15) is 5.92 Å². The third kappa shape index (κ3) is 2.59. The highest BCUT2D eigenvalue weighted by molar-refractivity contribution is 7.14. The van der Waals surface area contributed by atoms with Gasteiger partial charge >= 0.3 is 0 Å². The maximum atomic E-state index is 11.9. The predicted octanol–water partition coefficient (Wildman–Crippen LogP) is 2.14. The third-order valence-corrected chi connectivity index (χ3v) is 4.52. The van der Waals surface area contributed by atoms with Gasteiger partial charge < -0.3 is 14.8 Å². The normalized spacial score (nSPS) is 21.0. The van der Waals surface area contributed by atoms with Gasteiger partial charge in [-0.3, -0.25) is 14.9 Å². The molecule has 0 unspecified atom stereocenters. The lowest BCUT2D eigenvalue weighted by atomic mass is 10.1. The largest absolute Gasteiger partial charge is 0.454 e. The van der Waals surface area contributed by atoms with E-state index in [1.807, 2.05) is 17.5 Å². The van der Waals surface area contributed by atoms with Crippen molar-refractivity contribution in [1.29, 1.82) is 0 Å². The molecule has 0 saturated heterocycles. The summed E-state index contributed by atoms with van der Waals surface area (Å²) in [6, 6.07) is 4.73. The molecule has 0 bridgehead atoms. The van der Waals surface area contributed by atoms with E-state index >= 15 is 0 Å². The molecule has 8 nitrogen and oxygen atoms in total. The number of rotatable bonds is 4. The molecular formula is C14H11N3O5S. The highest BCUT2D eigenvalue weighted by atomic mass is 32.1. The standard InChI is InChI=1S/C14H11N3O5S/c18-13(8-4-10(8)17(19)20)16-14-15-9(5-23-14)7-1-2-11-12(3-7)22-6-21-11/h1-3,5,8,10H,4,6H2,(H,15,16,18)/t8-,10+/m1/s1. The number of aromatic nitrogens is 1. The first-order valence-corrected chi connectivity index (χ1v) is 7.79. The van der Waals surface area contributed by atoms with Gasteiger partial charge in [-0.25, -0.2) is 4.98 Å². The van der Waals surface area contributed by atoms with Gasteiger partial charge in [0.25, 0.3) is 0 Å². The topological polar surface area (TPSA) is 104 Å². The van der Waals surface area contributed by atoms with Gasteiger partial charge in [-0.05, 0) is 18.2 Å². The summed E-state index contributed by atoms with van der Waals surface area (Å²) >= 11 is 1.28. The summed E-state index contributed by atoms with van der Waals surface area (Å²) in [5, 5.41) is 15.5. The van der Waals surface area contributed by atoms with Crippen LogP contribution in [0.3, 0.4) is 0 Å². The minimum absolute atomic E-state index is 0.205. The van der Waals surface area contributed by atoms with Gasteiger partial charge in [-0.15, -0.1) is 11.3 Å². The van der Waals surface area contributed by atoms with Gasteiger partial charge in [-0.1, -0.05) is 0 Å². The first-order chi connectivity index (χ1) is 11.1. The molecule has 9 heteroatoms. The van der Waals surface area contributed by atoms with Crippen LogP contribution >= 0.6 is 11.3 Å². The van der Waals surface area contributed by atoms with Crippen LogP contribution in [0.2, 0.25) is 0 Å². The van der Waals surface area contributed by atoms with Gasteiger partial charge in [-0.2, -0.15) is 0 Å². The van der Waals surface area contributed by atoms with Crippen molar-refractivity contribution in [2.45, 2.75) is 12.5 Å². The van der Waals surface area contributed by atoms with E-state index in [2.05, 4.69) is 10.3 Å². The Labute approximate surface area is 134 Å². The number of amides is 1. The van der Waals surface area contributed by atoms with E-state index in [1.54, 1.807) is 6.07 Å². The maximum absolute atomic E-state index is 11.9. The van der Waals surface area contributed by atoms with E-state index in [4.69, 9.17) is 9.47 Å². The molecule has 23 heavy (non-hydrogen) atoms. The van der Waals surface area contributed by atoms with Gasteiger partial charge in [0.15, 0.2) is 16.6 Å². The van der Waals surface area contributed by atoms with Crippen LogP contribution in [0.15, 0.2) is 23.6 Å². The number of carbonyl (C=O) groups excluding carboxylic acids is 1. The SMILES string of the molecule is O=C(Nc1nc(-c2ccc3c(c2)OCO3)cs1)[C@@H]1C[C@@H]1[N+](=O)[O-]. The molecule has 118 valence electrons. The first kappa shape index (κ1) is 13.9. The van der Waals surface area contributed by atoms with Crippen molar-refractivity contribution in [3.63, 3.8) is 0 Å². The molecule has 1 aliphatic carbocycles. The lowest BCUT2D eigenvalue weighted by molar-refractivity contribution is -0.497. The van der Waals surface area contributed by atoms with E-state index in [0.717, 1.165) is 5.56 Å². The molecule has 1 fully saturated rings. The molecule has 1 N–H and O–H groups in total. The van der Waals surface area contributed by atoms with Gasteiger partial charge in [0.05, 0.1) is 5.69 Å². The molecule has 2 aliphatic rings. The number of carbonyl (C=O) groups is 1. The molecule has 1 aliphatic heterocycles. The molecule has 1 amide bonds. The van der Waals surface area contributed by atoms with E-state index in [1.165, 1.54) is 11.3 Å². The van der Waals surface area contributed by atoms with Crippen molar-refractivity contribution in [3.05, 3.63) is 33.7 Å². The van der Waals surface area contributed by atoms with Crippen molar-refractivity contribution in [2.75, 3.05) is 12.1 Å². The Morgan fingerprint density at radius 1 is 1.39 bits per heavy atom. The summed E-state index contributed by atoms with van der Waals surface area (Å²) in [5.74, 6) is 0.450. The molecule has 1 aromatic carbocycles. The highest BCUT2D eigenvalue weighted by Crippen LogP contribution is 2.37. The second-order valence-electron chi connectivity index (χ2n) is 5.29. The second kappa shape index (κ2) is 5.20. The van der Waals surface area contributed by atoms with Crippen molar-refractivity contribution in [2.24, 2.45) is 5.92 Å². The number of hydrogen-bond acceptors (Lipinski definition) is 7. The lowest BCUT2D eigenvalue weighted by Gasteiger charge is -2.00. The van der Waals surface area contributed by atoms with E-state index in [9.17, 15) is 14.9 Å². The van der Waals surface area contributed by atoms with Gasteiger partial charge in [0, 0.05) is 22.3 Å². The smallest absolute Gasteiger partial charge is 0.236 e. The molecule has 1 saturated carbocycles. The van der Waals surface area contributed by atoms with Crippen LogP contribution in [0.5, 0.6) is 11.5 Å². The van der Waals surface area contributed by atoms with Crippen LogP contribution in [0.1, 0.15) is 6.42 Å². The fourth-order valence-corrected chi connectivity index (χ4v) is 3.14. The molecule has 0 spiro atoms. The number of thiazole rings is 1. The Morgan fingerprint density at radius 3 is 3.00 bits per heavy atom. The average molecular weight is 333 g/mol. The second-order valence-corrected chi connectivity index (χ2v) is 6.15. The van der Waals surface area contributed by atoms with Crippen LogP contribution in [-0.2, 0) is 4.79 Å². The number of nitro groups is 1. The van der Waals surface area contributed by atoms with Crippen LogP contribution in [0.4, 0.5) is 5.13 Å². The fourth-order valence-electron chi connectivity index (χ4n) is 2.41. The Morgan fingerprint density at radius 2 is 2.22 bits per heavy atom. The number of benzene rings is 1. The Bertz CT molecular complexity index is 805. The minimum Gasteiger partial charge on any atom is -0.454 e. The number of nitrogens with one attached hydrogen (secondary N) is 1. The Balaban J connectivity index is 1.47. The zero-order chi connectivity index (χ0) is 16.0. The van der Waals surface area contributed by atoms with Crippen molar-refractivity contribution < 1.29 is 19.2 Å². The number of nitrogens with zero attached hydrogens (tertiary/aromatic N) is 2. The third-order valence-electron chi connectivity index (χ3n) is 3.77. The van der Waals surface area contributed by atoms with Crippen LogP contribution in [0, 0.1) is 16.0 Å². The number of hydrogen-bond donors (Lipinski definition) is 1. The maximum Gasteiger partial charge on any atom is 0.236 e. The quantitative estimate of drug-likeness (QED) is 0.679. The van der Waals surface area contributed by atoms with Crippen LogP contribution < -0.4 is 14.8 Å². The molecule has 2 aromatic rings. The fraction of sp³-hybridized carbons (Fsp3) is 0.286. The number of anilines is 1. The van der Waals surface area contributed by atoms with Gasteiger partial charge in [0.2, 0.25) is 18.7 Å². The Kier molecular flexibility index (Phi) is 3.15. The van der Waals surface area contributed by atoms with E-state index in [-0.39, 0.29) is 12.7 Å². The summed E-state index contributed by atoms with van der Waals surface area (Å²) in [4.78, 5) is 26.4. The van der Waals surface area contributed by atoms with Crippen molar-refractivity contribution >= 4 is 22.4 Å². The van der Waals surface area contributed by atoms with Crippen molar-refractivity contribution in [1.82, 2.24) is 4.98 Å². The summed E-state index contributed by atoms with van der Waals surface area (Å²) in [6.45, 7) is 0.205. The molecule has 0 radical (unpaired) electrons. The molecule has 2 heterocycles. The predicted molar refractivity (Wildman–Crippen MR) is 81.2 cm³/mol. The van der Waals surface area contributed by atoms with Crippen molar-refractivity contribution in [3.8, 4) is 22.8 Å². The molecule has 2 atom stereocenters. The zero-order valence-corrected chi connectivity index (χ0v) is 12.5. The molecule has 4 rings (SSSR count). The van der Waals surface area contributed by atoms with E-state index in [0.29, 0.717) is 28.7 Å². The minimum atomic E-state index is -0.761. The average Bonchev–Trinajstić information content (AvgIpc) is 2.99.